The SMILES string of the molecule is CCCCCCC(C)(CCCCCC)COP(=O)(N1CCN(C(=O)CCC(=O)O)CC1)C(C)(F)CCC. The first kappa shape index (κ1) is 34.0. The number of carboxylic acids is 1. The Morgan fingerprint density at radius 1 is 0.838 bits per heavy atom. The van der Waals surface area contributed by atoms with Gasteiger partial charge in [-0.15, -0.1) is 0 Å². The van der Waals surface area contributed by atoms with Crippen LogP contribution < -0.4 is 0 Å². The molecule has 1 rings (SSSR count). The molecule has 1 aliphatic heterocycles. The number of halogens is 1. The lowest BCUT2D eigenvalue weighted by Gasteiger charge is -2.44. The Morgan fingerprint density at radius 3 is 1.84 bits per heavy atom. The normalized spacial score (nSPS) is 18.4. The van der Waals surface area contributed by atoms with Gasteiger partial charge in [-0.05, 0) is 31.6 Å². The van der Waals surface area contributed by atoms with Crippen molar-refractivity contribution in [3.05, 3.63) is 0 Å². The molecule has 9 heteroatoms. The predicted molar refractivity (Wildman–Crippen MR) is 149 cm³/mol. The number of rotatable bonds is 20. The highest BCUT2D eigenvalue weighted by Crippen LogP contribution is 2.65. The second-order valence-electron chi connectivity index (χ2n) is 11.3. The van der Waals surface area contributed by atoms with Gasteiger partial charge >= 0.3 is 13.5 Å². The van der Waals surface area contributed by atoms with Gasteiger partial charge in [0.1, 0.15) is 0 Å². The van der Waals surface area contributed by atoms with Gasteiger partial charge in [0.25, 0.3) is 0 Å². The minimum absolute atomic E-state index is 0.0609. The zero-order valence-corrected chi connectivity index (χ0v) is 25.1. The van der Waals surface area contributed by atoms with Crippen molar-refractivity contribution in [2.45, 2.75) is 130 Å². The average Bonchev–Trinajstić information content (AvgIpc) is 2.86. The number of unbranched alkanes of at least 4 members (excludes halogenated alkanes) is 6. The molecule has 0 aromatic heterocycles. The lowest BCUT2D eigenvalue weighted by molar-refractivity contribution is -0.141. The van der Waals surface area contributed by atoms with E-state index in [1.165, 1.54) is 32.6 Å². The van der Waals surface area contributed by atoms with E-state index in [-0.39, 0.29) is 50.3 Å². The number of alkyl halides is 1. The van der Waals surface area contributed by atoms with Crippen molar-refractivity contribution < 1.29 is 28.2 Å². The summed E-state index contributed by atoms with van der Waals surface area (Å²) in [6.07, 6.45) is 11.6. The molecule has 1 heterocycles. The van der Waals surface area contributed by atoms with E-state index in [0.29, 0.717) is 19.5 Å². The summed E-state index contributed by atoms with van der Waals surface area (Å²) in [5.74, 6) is -1.24. The van der Waals surface area contributed by atoms with Gasteiger partial charge in [0.05, 0.1) is 13.0 Å². The molecule has 0 bridgehead atoms. The molecule has 218 valence electrons. The van der Waals surface area contributed by atoms with Crippen molar-refractivity contribution in [1.29, 1.82) is 0 Å². The van der Waals surface area contributed by atoms with Crippen molar-refractivity contribution in [1.82, 2.24) is 9.57 Å². The summed E-state index contributed by atoms with van der Waals surface area (Å²) in [6.45, 7) is 11.2. The highest BCUT2D eigenvalue weighted by atomic mass is 31.2. The van der Waals surface area contributed by atoms with Gasteiger partial charge < -0.3 is 14.5 Å². The maximum atomic E-state index is 16.1. The van der Waals surface area contributed by atoms with E-state index in [1.807, 2.05) is 6.92 Å². The first-order valence-electron chi connectivity index (χ1n) is 14.6. The van der Waals surface area contributed by atoms with Crippen LogP contribution in [0, 0.1) is 5.41 Å². The number of piperazine rings is 1. The number of hydrogen-bond donors (Lipinski definition) is 1. The first-order chi connectivity index (χ1) is 17.4. The van der Waals surface area contributed by atoms with E-state index in [1.54, 1.807) is 9.57 Å². The molecule has 0 aromatic carbocycles. The Labute approximate surface area is 225 Å². The van der Waals surface area contributed by atoms with Crippen molar-refractivity contribution in [3.8, 4) is 0 Å². The molecule has 2 unspecified atom stereocenters. The Morgan fingerprint density at radius 2 is 1.38 bits per heavy atom. The number of carbonyl (C=O) groups is 2. The monoisotopic (exact) mass is 548 g/mol. The van der Waals surface area contributed by atoms with Gasteiger partial charge in [-0.25, -0.2) is 9.06 Å². The summed E-state index contributed by atoms with van der Waals surface area (Å²) in [4.78, 5) is 24.8. The molecule has 0 radical (unpaired) electrons. The fourth-order valence-electron chi connectivity index (χ4n) is 5.16. The van der Waals surface area contributed by atoms with Crippen molar-refractivity contribution in [2.75, 3.05) is 32.8 Å². The number of hydrogen-bond acceptors (Lipinski definition) is 4. The summed E-state index contributed by atoms with van der Waals surface area (Å²) in [5, 5.41) is 6.88. The second-order valence-corrected chi connectivity index (χ2v) is 14.1. The van der Waals surface area contributed by atoms with Crippen LogP contribution in [-0.2, 0) is 18.7 Å². The molecule has 0 spiro atoms. The van der Waals surface area contributed by atoms with E-state index < -0.39 is 18.9 Å². The Kier molecular flexibility index (Phi) is 15.5. The average molecular weight is 549 g/mol. The van der Waals surface area contributed by atoms with Crippen molar-refractivity contribution >= 4 is 19.4 Å². The molecule has 2 atom stereocenters. The first-order valence-corrected chi connectivity index (χ1v) is 16.2. The maximum absolute atomic E-state index is 16.1. The minimum atomic E-state index is -3.85. The Balaban J connectivity index is 2.98. The Hall–Kier alpha value is -0.980. The van der Waals surface area contributed by atoms with Crippen LogP contribution in [0.4, 0.5) is 4.39 Å². The van der Waals surface area contributed by atoms with Crippen molar-refractivity contribution in [2.24, 2.45) is 5.41 Å². The van der Waals surface area contributed by atoms with Gasteiger partial charge in [0, 0.05) is 32.6 Å². The van der Waals surface area contributed by atoms with Crippen LogP contribution in [0.1, 0.15) is 125 Å². The molecular weight excluding hydrogens is 494 g/mol. The lowest BCUT2D eigenvalue weighted by atomic mass is 9.80. The number of amides is 1. The molecule has 0 aromatic rings. The second kappa shape index (κ2) is 16.9. The number of carbonyl (C=O) groups excluding carboxylic acids is 1. The molecule has 0 saturated carbocycles. The zero-order chi connectivity index (χ0) is 28.0. The molecule has 1 N–H and O–H groups in total. The quantitative estimate of drug-likeness (QED) is 0.124. The predicted octanol–water partition coefficient (Wildman–Crippen LogP) is 7.64. The highest BCUT2D eigenvalue weighted by molar-refractivity contribution is 7.58. The van der Waals surface area contributed by atoms with Crippen LogP contribution in [0.25, 0.3) is 0 Å². The summed E-state index contributed by atoms with van der Waals surface area (Å²) in [6, 6.07) is 0. The lowest BCUT2D eigenvalue weighted by Crippen LogP contribution is -2.49. The van der Waals surface area contributed by atoms with Crippen LogP contribution in [0.2, 0.25) is 0 Å². The van der Waals surface area contributed by atoms with E-state index in [9.17, 15) is 14.2 Å². The van der Waals surface area contributed by atoms with Gasteiger partial charge in [-0.2, -0.15) is 0 Å². The molecule has 1 fully saturated rings. The molecule has 1 amide bonds. The van der Waals surface area contributed by atoms with Gasteiger partial charge in [-0.1, -0.05) is 85.5 Å². The number of aliphatic carboxylic acids is 1. The third-order valence-corrected chi connectivity index (χ3v) is 10.7. The zero-order valence-electron chi connectivity index (χ0n) is 24.2. The van der Waals surface area contributed by atoms with Crippen LogP contribution in [0.15, 0.2) is 0 Å². The van der Waals surface area contributed by atoms with E-state index in [2.05, 4.69) is 20.8 Å². The standard InChI is InChI=1S/C28H54FN2O5P/c1-6-9-11-13-18-27(4,19-14-12-10-7-2)24-36-37(35,28(5,29)17-8-3)31-22-20-30(21-23-31)25(32)15-16-26(33)34/h6-24H2,1-5H3,(H,33,34). The van der Waals surface area contributed by atoms with Crippen LogP contribution in [0.3, 0.4) is 0 Å². The van der Waals surface area contributed by atoms with Crippen LogP contribution >= 0.6 is 7.52 Å². The molecular formula is C28H54FN2O5P. The third-order valence-electron chi connectivity index (χ3n) is 7.69. The topological polar surface area (TPSA) is 87.2 Å². The summed E-state index contributed by atoms with van der Waals surface area (Å²) in [7, 11) is -3.85. The fraction of sp³-hybridized carbons (Fsp3) is 0.929. The van der Waals surface area contributed by atoms with Crippen molar-refractivity contribution in [3.63, 3.8) is 0 Å². The summed E-state index contributed by atoms with van der Waals surface area (Å²) >= 11 is 0. The third kappa shape index (κ3) is 11.3. The number of carboxylic acid groups (broad SMARTS) is 1. The van der Waals surface area contributed by atoms with Gasteiger partial charge in [0.15, 0.2) is 5.41 Å². The van der Waals surface area contributed by atoms with Gasteiger partial charge in [-0.3, -0.25) is 14.2 Å². The van der Waals surface area contributed by atoms with E-state index in [0.717, 1.165) is 38.5 Å². The molecule has 1 aliphatic rings. The Bertz CT molecular complexity index is 713. The molecule has 37 heavy (non-hydrogen) atoms. The number of nitrogens with zero attached hydrogens (tertiary/aromatic N) is 2. The van der Waals surface area contributed by atoms with Gasteiger partial charge in [0.2, 0.25) is 5.91 Å². The van der Waals surface area contributed by atoms with Crippen LogP contribution in [0.5, 0.6) is 0 Å². The van der Waals surface area contributed by atoms with E-state index >= 15 is 4.39 Å². The largest absolute Gasteiger partial charge is 0.481 e. The smallest absolute Gasteiger partial charge is 0.308 e. The molecule has 0 aliphatic carbocycles. The molecule has 7 nitrogen and oxygen atoms in total. The van der Waals surface area contributed by atoms with E-state index in [4.69, 9.17) is 9.63 Å². The maximum Gasteiger partial charge on any atom is 0.308 e. The van der Waals surface area contributed by atoms with Crippen LogP contribution in [-0.4, -0.2) is 64.7 Å². The molecule has 1 saturated heterocycles. The summed E-state index contributed by atoms with van der Waals surface area (Å²) in [5.41, 5.74) is -0.159. The highest BCUT2D eigenvalue weighted by Gasteiger charge is 2.52. The summed E-state index contributed by atoms with van der Waals surface area (Å²) < 4.78 is 38.4. The fourth-order valence-corrected chi connectivity index (χ4v) is 7.88. The minimum Gasteiger partial charge on any atom is -0.481 e.